The van der Waals surface area contributed by atoms with Gasteiger partial charge in [0.25, 0.3) is 0 Å². The molecule has 4 aromatic rings. The smallest absolute Gasteiger partial charge is 0.415 e. The largest absolute Gasteiger partial charge is 0.619 e. The van der Waals surface area contributed by atoms with E-state index in [0.29, 0.717) is 45.0 Å². The molecule has 4 heterocycles. The van der Waals surface area contributed by atoms with Gasteiger partial charge in [0.15, 0.2) is 23.9 Å². The number of benzene rings is 3. The second kappa shape index (κ2) is 16.4. The van der Waals surface area contributed by atoms with Crippen molar-refractivity contribution in [1.82, 2.24) is 4.90 Å². The molecule has 3 saturated heterocycles. The van der Waals surface area contributed by atoms with E-state index in [0.717, 1.165) is 51.6 Å². The number of aromatic carboxylic acids is 1. The van der Waals surface area contributed by atoms with E-state index < -0.39 is 23.8 Å². The van der Waals surface area contributed by atoms with Crippen molar-refractivity contribution in [1.29, 1.82) is 0 Å². The minimum Gasteiger partial charge on any atom is -0.619 e. The molecule has 1 aromatic heterocycles. The molecule has 0 spiro atoms. The highest BCUT2D eigenvalue weighted by molar-refractivity contribution is 6.35. The third-order valence-corrected chi connectivity index (χ3v) is 11.6. The van der Waals surface area contributed by atoms with Crippen LogP contribution in [0.2, 0.25) is 10.0 Å². The topological polar surface area (TPSA) is 115 Å². The Bertz CT molecular complexity index is 2000. The molecule has 1 aliphatic carbocycles. The number of hydrogen-bond donors (Lipinski definition) is 1. The van der Waals surface area contributed by atoms with Crippen molar-refractivity contribution < 1.29 is 38.0 Å². The second-order valence-corrected chi connectivity index (χ2v) is 15.1. The average molecular weight is 779 g/mol. The number of carbonyl (C=O) groups excluding carboxylic acids is 1. The highest BCUT2D eigenvalue weighted by atomic mass is 35.5. The number of halogens is 3. The number of fused-ring (bicyclic) bond motifs is 3. The maximum atomic E-state index is 15.4. The summed E-state index contributed by atoms with van der Waals surface area (Å²) in [4.78, 5) is 30.4. The number of amides is 1. The predicted octanol–water partition coefficient (Wildman–Crippen LogP) is 8.41. The monoisotopic (exact) mass is 777 g/mol. The summed E-state index contributed by atoms with van der Waals surface area (Å²) in [5, 5.41) is 23.0. The lowest BCUT2D eigenvalue weighted by Crippen LogP contribution is -2.53. The molecule has 1 saturated carbocycles. The van der Waals surface area contributed by atoms with Crippen LogP contribution in [0.1, 0.15) is 77.1 Å². The molecule has 3 aromatic carbocycles. The van der Waals surface area contributed by atoms with Gasteiger partial charge in [0.1, 0.15) is 22.0 Å². The summed E-state index contributed by atoms with van der Waals surface area (Å²) in [6.07, 6.45) is 7.33. The number of nitrogens with zero attached hydrogens (tertiary/aromatic N) is 3. The number of anilines is 1. The zero-order chi connectivity index (χ0) is 37.9. The van der Waals surface area contributed by atoms with Gasteiger partial charge in [-0.15, -0.1) is 0 Å². The summed E-state index contributed by atoms with van der Waals surface area (Å²) in [5.41, 5.74) is 2.10. The normalized spacial score (nSPS) is 20.0. The van der Waals surface area contributed by atoms with E-state index in [2.05, 4.69) is 4.90 Å². The highest BCUT2D eigenvalue weighted by Gasteiger charge is 2.38. The highest BCUT2D eigenvalue weighted by Crippen LogP contribution is 2.41. The standard InChI is InChI=1S/C41H42Cl2FN3O7/c1-52-37-13-11-27(19-38(37)53-28-6-2-3-7-28)30(20-32-33(42)22-46(51)23-34(32)43)31-18-25(10-12-29(31)40(48)49)21-47(36-9-5-4-8-35(36)44)41(50)54-39-24-45-16-14-26(39)15-17-45/h4-5,8-13,18-19,22-23,26,28,30,39H,2-3,6-7,14-17,20-21,24H2,1H3,(H,48,49)/t30-,39-/m0/s1. The van der Waals surface area contributed by atoms with Crippen LogP contribution in [0.5, 0.6) is 11.5 Å². The average Bonchev–Trinajstić information content (AvgIpc) is 3.67. The van der Waals surface area contributed by atoms with Crippen molar-refractivity contribution in [2.75, 3.05) is 31.6 Å². The molecule has 284 valence electrons. The van der Waals surface area contributed by atoms with E-state index in [1.807, 2.05) is 12.1 Å². The van der Waals surface area contributed by atoms with E-state index in [-0.39, 0.29) is 52.4 Å². The van der Waals surface area contributed by atoms with Crippen LogP contribution in [-0.4, -0.2) is 61.0 Å². The van der Waals surface area contributed by atoms with Gasteiger partial charge in [-0.3, -0.25) is 9.80 Å². The number of para-hydroxylation sites is 1. The van der Waals surface area contributed by atoms with E-state index in [1.165, 1.54) is 35.5 Å². The molecule has 1 N–H and O–H groups in total. The molecule has 2 bridgehead atoms. The van der Waals surface area contributed by atoms with Gasteiger partial charge in [-0.25, -0.2) is 14.0 Å². The fourth-order valence-corrected chi connectivity index (χ4v) is 8.66. The van der Waals surface area contributed by atoms with Crippen LogP contribution >= 0.6 is 23.2 Å². The quantitative estimate of drug-likeness (QED) is 0.113. The minimum absolute atomic E-state index is 0.00666. The van der Waals surface area contributed by atoms with Crippen molar-refractivity contribution in [3.05, 3.63) is 122 Å². The molecule has 10 nitrogen and oxygen atoms in total. The summed E-state index contributed by atoms with van der Waals surface area (Å²) < 4.78 is 34.1. The van der Waals surface area contributed by atoms with Crippen molar-refractivity contribution in [3.63, 3.8) is 0 Å². The first-order valence-electron chi connectivity index (χ1n) is 18.3. The second-order valence-electron chi connectivity index (χ2n) is 14.3. The summed E-state index contributed by atoms with van der Waals surface area (Å²) in [6, 6.07) is 16.3. The van der Waals surface area contributed by atoms with Gasteiger partial charge >= 0.3 is 12.1 Å². The van der Waals surface area contributed by atoms with Gasteiger partial charge in [0, 0.05) is 18.0 Å². The zero-order valence-corrected chi connectivity index (χ0v) is 31.4. The van der Waals surface area contributed by atoms with Gasteiger partial charge in [-0.2, -0.15) is 4.73 Å². The van der Waals surface area contributed by atoms with Crippen LogP contribution in [0.4, 0.5) is 14.9 Å². The van der Waals surface area contributed by atoms with Crippen LogP contribution in [0.15, 0.2) is 73.1 Å². The third kappa shape index (κ3) is 8.23. The van der Waals surface area contributed by atoms with Crippen molar-refractivity contribution in [3.8, 4) is 11.5 Å². The first-order valence-corrected chi connectivity index (χ1v) is 19.1. The number of aromatic nitrogens is 1. The summed E-state index contributed by atoms with van der Waals surface area (Å²) in [5.74, 6) is -1.17. The number of carbonyl (C=O) groups is 2. The summed E-state index contributed by atoms with van der Waals surface area (Å²) in [7, 11) is 1.56. The van der Waals surface area contributed by atoms with Crippen LogP contribution in [0.3, 0.4) is 0 Å². The summed E-state index contributed by atoms with van der Waals surface area (Å²) in [6.45, 7) is 2.46. The van der Waals surface area contributed by atoms with E-state index in [4.69, 9.17) is 37.4 Å². The van der Waals surface area contributed by atoms with Gasteiger partial charge in [0.05, 0.1) is 31.0 Å². The Labute approximate surface area is 323 Å². The number of piperidine rings is 3. The van der Waals surface area contributed by atoms with Gasteiger partial charge < -0.3 is 24.5 Å². The van der Waals surface area contributed by atoms with Crippen LogP contribution in [-0.2, 0) is 17.7 Å². The van der Waals surface area contributed by atoms with Crippen LogP contribution in [0, 0.1) is 16.9 Å². The van der Waals surface area contributed by atoms with Crippen molar-refractivity contribution in [2.45, 2.75) is 69.6 Å². The van der Waals surface area contributed by atoms with E-state index in [9.17, 15) is 19.9 Å². The number of methoxy groups -OCH3 is 1. The first kappa shape index (κ1) is 37.7. The first-order chi connectivity index (χ1) is 26.1. The van der Waals surface area contributed by atoms with E-state index >= 15 is 4.39 Å². The Hall–Kier alpha value is -4.58. The Kier molecular flexibility index (Phi) is 11.5. The lowest BCUT2D eigenvalue weighted by atomic mass is 9.82. The molecule has 13 heteroatoms. The molecule has 0 unspecified atom stereocenters. The number of carboxylic acids is 1. The van der Waals surface area contributed by atoms with Crippen molar-refractivity contribution in [2.24, 2.45) is 5.92 Å². The van der Waals surface area contributed by atoms with Crippen LogP contribution < -0.4 is 19.1 Å². The molecule has 54 heavy (non-hydrogen) atoms. The van der Waals surface area contributed by atoms with Gasteiger partial charge in [0.2, 0.25) is 0 Å². The van der Waals surface area contributed by atoms with Crippen LogP contribution in [0.25, 0.3) is 0 Å². The Morgan fingerprint density at radius 1 is 1.00 bits per heavy atom. The lowest BCUT2D eigenvalue weighted by molar-refractivity contribution is -0.605. The fourth-order valence-electron chi connectivity index (χ4n) is 8.06. The third-order valence-electron chi connectivity index (χ3n) is 10.9. The molecule has 4 aliphatic rings. The fraction of sp³-hybridized carbons (Fsp3) is 0.390. The lowest BCUT2D eigenvalue weighted by Gasteiger charge is -2.44. The van der Waals surface area contributed by atoms with E-state index in [1.54, 1.807) is 37.4 Å². The Morgan fingerprint density at radius 3 is 2.37 bits per heavy atom. The minimum atomic E-state index is -1.17. The number of pyridine rings is 1. The predicted molar refractivity (Wildman–Crippen MR) is 202 cm³/mol. The molecule has 2 atom stereocenters. The maximum Gasteiger partial charge on any atom is 0.415 e. The molecule has 8 rings (SSSR count). The molecule has 4 fully saturated rings. The number of rotatable bonds is 12. The summed E-state index contributed by atoms with van der Waals surface area (Å²) >= 11 is 13.2. The van der Waals surface area contributed by atoms with Gasteiger partial charge in [-0.1, -0.05) is 53.5 Å². The molecule has 1 amide bonds. The SMILES string of the molecule is COc1ccc([C@H](Cc2c(Cl)c[n+]([O-])cc2Cl)c2cc(CN(C(=O)O[C@H]3CN4CCC3CC4)c3ccccc3F)ccc2C(=O)O)cc1OC1CCCC1. The molecular formula is C41H42Cl2FN3O7. The molecular weight excluding hydrogens is 736 g/mol. The Balaban J connectivity index is 1.30. The number of ether oxygens (including phenoxy) is 3. The molecule has 0 radical (unpaired) electrons. The Morgan fingerprint density at radius 2 is 1.72 bits per heavy atom. The number of carboxylic acid groups (broad SMARTS) is 1. The van der Waals surface area contributed by atoms with Crippen molar-refractivity contribution >= 4 is 41.0 Å². The number of hydrogen-bond acceptors (Lipinski definition) is 7. The zero-order valence-electron chi connectivity index (χ0n) is 29.9. The maximum absolute atomic E-state index is 15.4. The molecule has 3 aliphatic heterocycles. The van der Waals surface area contributed by atoms with Gasteiger partial charge in [-0.05, 0) is 111 Å².